The maximum atomic E-state index is 10.5. The van der Waals surface area contributed by atoms with Gasteiger partial charge < -0.3 is 56.5 Å². The fourth-order valence-electron chi connectivity index (χ4n) is 15.7. The zero-order chi connectivity index (χ0) is 61.1. The van der Waals surface area contributed by atoms with Crippen molar-refractivity contribution in [2.75, 3.05) is 62.2 Å². The van der Waals surface area contributed by atoms with E-state index in [1.54, 1.807) is 11.1 Å². The van der Waals surface area contributed by atoms with Crippen LogP contribution in [0.5, 0.6) is 0 Å². The Balaban J connectivity index is 0.000000176. The number of hydrogen-bond donors (Lipinski definition) is 7. The van der Waals surface area contributed by atoms with E-state index in [4.69, 9.17) is 5.11 Å². The van der Waals surface area contributed by atoms with Crippen molar-refractivity contribution in [1.29, 1.82) is 0 Å². The van der Waals surface area contributed by atoms with Crippen LogP contribution in [0.15, 0.2) is 24.3 Å². The Bertz CT molecular complexity index is 3250. The lowest BCUT2D eigenvalue weighted by Crippen LogP contribution is -2.50. The van der Waals surface area contributed by atoms with Gasteiger partial charge in [0, 0.05) is 98.3 Å². The van der Waals surface area contributed by atoms with Crippen molar-refractivity contribution < 1.29 is 46.7 Å². The zero-order valence-electron chi connectivity index (χ0n) is 55.4. The predicted molar refractivity (Wildman–Crippen MR) is 351 cm³/mol. The van der Waals surface area contributed by atoms with Crippen molar-refractivity contribution in [3.05, 3.63) is 123 Å². The Kier molecular flexibility index (Phi) is 24.5. The molecule has 4 atom stereocenters. The third-order valence-corrected chi connectivity index (χ3v) is 19.4. The van der Waals surface area contributed by atoms with E-state index in [0.717, 1.165) is 147 Å². The molecular formula is C73H112N4O9. The summed E-state index contributed by atoms with van der Waals surface area (Å²) >= 11 is 0. The number of aryl methyl sites for hydroxylation is 2. The second-order valence-corrected chi connectivity index (χ2v) is 27.2. The van der Waals surface area contributed by atoms with Gasteiger partial charge >= 0.3 is 0 Å². The molecule has 12 rings (SSSR count). The van der Waals surface area contributed by atoms with Gasteiger partial charge in [0.15, 0.2) is 13.1 Å². The fourth-order valence-corrected chi connectivity index (χ4v) is 15.7. The first-order chi connectivity index (χ1) is 39.9. The molecule has 8 heterocycles. The van der Waals surface area contributed by atoms with Crippen molar-refractivity contribution in [1.82, 2.24) is 9.15 Å². The van der Waals surface area contributed by atoms with Crippen molar-refractivity contribution in [2.24, 2.45) is 0 Å². The number of aliphatic hydroxyl groups is 7. The molecule has 13 nitrogen and oxygen atoms in total. The Morgan fingerprint density at radius 1 is 0.488 bits per heavy atom. The van der Waals surface area contributed by atoms with Crippen LogP contribution in [0.2, 0.25) is 0 Å². The summed E-state index contributed by atoms with van der Waals surface area (Å²) < 4.78 is 4.83. The molecule has 4 unspecified atom stereocenters. The first kappa shape index (κ1) is 70.5. The molecule has 4 aromatic carbocycles. The minimum absolute atomic E-state index is 0. The second-order valence-electron chi connectivity index (χ2n) is 27.2. The van der Waals surface area contributed by atoms with Crippen LogP contribution in [0.4, 0.5) is 11.4 Å². The van der Waals surface area contributed by atoms with Gasteiger partial charge in [-0.05, 0) is 211 Å². The number of benzene rings is 4. The topological polar surface area (TPSA) is 214 Å². The number of anilines is 2. The summed E-state index contributed by atoms with van der Waals surface area (Å²) in [6, 6.07) is 9.10. The summed E-state index contributed by atoms with van der Waals surface area (Å²) in [7, 11) is 0. The van der Waals surface area contributed by atoms with Gasteiger partial charge in [-0.1, -0.05) is 64.8 Å². The van der Waals surface area contributed by atoms with Crippen molar-refractivity contribution >= 4 is 22.5 Å². The monoisotopic (exact) mass is 1190 g/mol. The highest BCUT2D eigenvalue weighted by Crippen LogP contribution is 2.43. The van der Waals surface area contributed by atoms with Gasteiger partial charge in [-0.3, -0.25) is 0 Å². The SMILES string of the molecule is CCC(O)CC.CCc1c(C(C)(C)O)cc2c3c1CC(O)CN3CCC2.CCc1c(C(C)(C)O)cc2c3c1CCCN3CC(O)C2.CCc1c2c3c(cc1=C(C)C)CC(O)C[N+]=3CCC2.CCc1c2c3c(cc1=C(C)C)CCC[N+]=3CC(O)C2.[OH-].[OH-]. The molecule has 0 aromatic heterocycles. The summed E-state index contributed by atoms with van der Waals surface area (Å²) in [5.41, 5.74) is 22.6. The van der Waals surface area contributed by atoms with Crippen LogP contribution >= 0.6 is 0 Å². The molecule has 8 aliphatic rings. The van der Waals surface area contributed by atoms with Crippen LogP contribution in [-0.2, 0) is 88.3 Å². The molecule has 9 N–H and O–H groups in total. The van der Waals surface area contributed by atoms with E-state index in [9.17, 15) is 30.6 Å². The lowest BCUT2D eigenvalue weighted by Gasteiger charge is -2.41. The Morgan fingerprint density at radius 3 is 1.41 bits per heavy atom. The van der Waals surface area contributed by atoms with E-state index in [-0.39, 0.29) is 41.5 Å². The normalized spacial score (nSPS) is 20.3. The van der Waals surface area contributed by atoms with Crippen LogP contribution in [0.3, 0.4) is 0 Å². The number of nitrogens with zero attached hydrogens (tertiary/aromatic N) is 4. The summed E-state index contributed by atoms with van der Waals surface area (Å²) in [4.78, 5) is 4.69. The van der Waals surface area contributed by atoms with Gasteiger partial charge in [0.05, 0.1) is 29.5 Å². The van der Waals surface area contributed by atoms with E-state index < -0.39 is 11.2 Å². The minimum atomic E-state index is -0.818. The van der Waals surface area contributed by atoms with Crippen LogP contribution in [0, 0.1) is 0 Å². The summed E-state index contributed by atoms with van der Waals surface area (Å²) in [5.74, 6) is 0. The maximum absolute atomic E-state index is 10.5. The molecule has 478 valence electrons. The molecule has 0 bridgehead atoms. The molecule has 86 heavy (non-hydrogen) atoms. The first-order valence-electron chi connectivity index (χ1n) is 33.0. The number of aliphatic hydroxyl groups excluding tert-OH is 5. The molecule has 4 aromatic rings. The second kappa shape index (κ2) is 29.8. The van der Waals surface area contributed by atoms with Crippen LogP contribution in [-0.4, -0.2) is 130 Å². The molecule has 0 spiro atoms. The maximum Gasteiger partial charge on any atom is 0.206 e. The van der Waals surface area contributed by atoms with Crippen LogP contribution in [0.1, 0.15) is 213 Å². The zero-order valence-corrected chi connectivity index (χ0v) is 55.4. The van der Waals surface area contributed by atoms with Crippen molar-refractivity contribution in [2.45, 2.75) is 254 Å². The summed E-state index contributed by atoms with van der Waals surface area (Å²) in [6.45, 7) is 36.5. The van der Waals surface area contributed by atoms with Gasteiger partial charge in [-0.2, -0.15) is 0 Å². The minimum Gasteiger partial charge on any atom is -0.870 e. The van der Waals surface area contributed by atoms with Crippen molar-refractivity contribution in [3.8, 4) is 0 Å². The van der Waals surface area contributed by atoms with E-state index in [1.165, 1.54) is 125 Å². The van der Waals surface area contributed by atoms with E-state index in [0.29, 0.717) is 6.42 Å². The van der Waals surface area contributed by atoms with E-state index in [1.807, 2.05) is 41.5 Å². The predicted octanol–water partition coefficient (Wildman–Crippen LogP) is 6.69. The molecule has 0 amide bonds. The third kappa shape index (κ3) is 15.2. The molecule has 0 radical (unpaired) electrons. The average molecular weight is 1190 g/mol. The van der Waals surface area contributed by atoms with Crippen molar-refractivity contribution in [3.63, 3.8) is 0 Å². The third-order valence-electron chi connectivity index (χ3n) is 19.4. The average Bonchev–Trinajstić information content (AvgIpc) is 2.44. The van der Waals surface area contributed by atoms with Gasteiger partial charge in [-0.15, -0.1) is 0 Å². The quantitative estimate of drug-likeness (QED) is 0.0924. The van der Waals surface area contributed by atoms with Crippen LogP contribution < -0.4 is 40.1 Å². The van der Waals surface area contributed by atoms with Gasteiger partial charge in [0.1, 0.15) is 25.3 Å². The molecular weight excluding hydrogens is 1080 g/mol. The van der Waals surface area contributed by atoms with Gasteiger partial charge in [-0.25, -0.2) is 9.15 Å². The molecule has 0 aliphatic carbocycles. The Hall–Kier alpha value is -4.54. The highest BCUT2D eigenvalue weighted by atomic mass is 16.3. The Morgan fingerprint density at radius 2 is 0.895 bits per heavy atom. The molecule has 0 saturated carbocycles. The highest BCUT2D eigenvalue weighted by molar-refractivity contribution is 5.69. The smallest absolute Gasteiger partial charge is 0.206 e. The van der Waals surface area contributed by atoms with Gasteiger partial charge in [0.25, 0.3) is 0 Å². The molecule has 0 fully saturated rings. The van der Waals surface area contributed by atoms with E-state index in [2.05, 4.69) is 98.6 Å². The Labute approximate surface area is 515 Å². The van der Waals surface area contributed by atoms with E-state index >= 15 is 0 Å². The number of hydrogen-bond acceptors (Lipinski definition) is 11. The fraction of sp³-hybridized carbons (Fsp3) is 0.644. The molecule has 0 saturated heterocycles. The summed E-state index contributed by atoms with van der Waals surface area (Å²) in [6.07, 6.45) is 17.2. The van der Waals surface area contributed by atoms with Gasteiger partial charge in [0.2, 0.25) is 10.7 Å². The van der Waals surface area contributed by atoms with Crippen LogP contribution in [0.25, 0.3) is 11.1 Å². The lowest BCUT2D eigenvalue weighted by molar-refractivity contribution is 0.0767. The standard InChI is InChI=1S/2C17H25NO2.2C17H24NO.C5H12O.2H2O/c1-4-13-14-6-5-7-18-10-12(19)8-11(16(14)18)9-15(13)17(2,3)20;1-4-13-14-9-12(19)10-18-7-5-6-11(16(14)18)8-15(13)17(2,3)20;1-4-14-15-6-5-7-18-10-13(19)8-12(17(15)18)9-16(14)11(2)3;1-4-14-15(11(2)3)8-12-6-5-7-18-10-13(19)9-16(14)17(12)18;1-3-5(6)4-2;;/h9,12,19-20H,4-8,10H2,1-3H3;8,12,19-20H,4-7,9-10H2,1-3H3;9,13,19H,4-8,10H2,1-3H3;8,13,19H,4-7,9-10H2,1-3H3;5-6H,3-4H2,1-2H3;2*1H2/q;;2*+1;;;/p-2. The molecule has 13 heteroatoms. The largest absolute Gasteiger partial charge is 0.870 e. The lowest BCUT2D eigenvalue weighted by atomic mass is 9.80. The number of rotatable bonds is 8. The summed E-state index contributed by atoms with van der Waals surface area (Å²) in [5, 5.41) is 75.9. The first-order valence-corrected chi connectivity index (χ1v) is 33.0. The molecule has 8 aliphatic heterocycles. The highest BCUT2D eigenvalue weighted by Gasteiger charge is 2.36.